The van der Waals surface area contributed by atoms with Gasteiger partial charge < -0.3 is 4.57 Å². The van der Waals surface area contributed by atoms with E-state index in [0.29, 0.717) is 5.92 Å². The van der Waals surface area contributed by atoms with Crippen molar-refractivity contribution >= 4 is 0 Å². The number of pyridine rings is 1. The standard InChI is InChI=1S/C27H29N2/c1-19(2)24-13-9-10-14-25(24)29-21(4)17-20(3)27(29)26-18-23(15-16-28(26)5)22-11-7-6-8-12-22/h6-19H,1-5H3/q+1. The van der Waals surface area contributed by atoms with Crippen molar-refractivity contribution < 1.29 is 4.57 Å². The zero-order valence-electron chi connectivity index (χ0n) is 18.0. The number of nitrogens with zero attached hydrogens (tertiary/aromatic N) is 2. The van der Waals surface area contributed by atoms with E-state index in [4.69, 9.17) is 0 Å². The molecule has 0 fully saturated rings. The average molecular weight is 382 g/mol. The van der Waals surface area contributed by atoms with E-state index in [1.54, 1.807) is 0 Å². The lowest BCUT2D eigenvalue weighted by molar-refractivity contribution is -0.660. The lowest BCUT2D eigenvalue weighted by Gasteiger charge is -2.18. The Morgan fingerprint density at radius 2 is 1.48 bits per heavy atom. The Balaban J connectivity index is 1.97. The lowest BCUT2D eigenvalue weighted by Crippen LogP contribution is -2.31. The van der Waals surface area contributed by atoms with Crippen molar-refractivity contribution in [3.05, 3.63) is 95.8 Å². The molecule has 0 N–H and O–H groups in total. The van der Waals surface area contributed by atoms with E-state index in [0.717, 1.165) is 0 Å². The van der Waals surface area contributed by atoms with E-state index >= 15 is 0 Å². The molecule has 2 nitrogen and oxygen atoms in total. The summed E-state index contributed by atoms with van der Waals surface area (Å²) in [4.78, 5) is 0. The Hall–Kier alpha value is -3.13. The number of benzene rings is 2. The van der Waals surface area contributed by atoms with E-state index < -0.39 is 0 Å². The van der Waals surface area contributed by atoms with Crippen LogP contribution in [0.2, 0.25) is 0 Å². The summed E-state index contributed by atoms with van der Waals surface area (Å²) in [5.74, 6) is 0.463. The van der Waals surface area contributed by atoms with Crippen molar-refractivity contribution in [2.45, 2.75) is 33.6 Å². The van der Waals surface area contributed by atoms with Gasteiger partial charge in [0.15, 0.2) is 6.20 Å². The van der Waals surface area contributed by atoms with Gasteiger partial charge in [-0.25, -0.2) is 0 Å². The minimum atomic E-state index is 0.463. The van der Waals surface area contributed by atoms with Crippen LogP contribution in [0.15, 0.2) is 79.0 Å². The zero-order valence-corrected chi connectivity index (χ0v) is 18.0. The minimum absolute atomic E-state index is 0.463. The molecule has 0 aliphatic carbocycles. The smallest absolute Gasteiger partial charge is 0.230 e. The highest BCUT2D eigenvalue weighted by molar-refractivity contribution is 5.71. The van der Waals surface area contributed by atoms with Crippen LogP contribution in [0.1, 0.15) is 36.6 Å². The van der Waals surface area contributed by atoms with Gasteiger partial charge >= 0.3 is 0 Å². The normalized spacial score (nSPS) is 11.2. The first kappa shape index (κ1) is 19.2. The highest BCUT2D eigenvalue weighted by Gasteiger charge is 2.23. The molecule has 0 atom stereocenters. The minimum Gasteiger partial charge on any atom is -0.308 e. The molecule has 4 rings (SSSR count). The molecule has 2 aromatic carbocycles. The van der Waals surface area contributed by atoms with Crippen LogP contribution in [0.5, 0.6) is 0 Å². The van der Waals surface area contributed by atoms with Gasteiger partial charge in [0.25, 0.3) is 0 Å². The van der Waals surface area contributed by atoms with Gasteiger partial charge in [0, 0.05) is 23.5 Å². The van der Waals surface area contributed by atoms with Crippen molar-refractivity contribution in [2.24, 2.45) is 7.05 Å². The van der Waals surface area contributed by atoms with E-state index in [1.165, 1.54) is 45.0 Å². The summed E-state index contributed by atoms with van der Waals surface area (Å²) in [6.07, 6.45) is 2.16. The Morgan fingerprint density at radius 1 is 0.793 bits per heavy atom. The number of rotatable bonds is 4. The molecule has 29 heavy (non-hydrogen) atoms. The highest BCUT2D eigenvalue weighted by atomic mass is 15.0. The second-order valence-electron chi connectivity index (χ2n) is 8.14. The summed E-state index contributed by atoms with van der Waals surface area (Å²) in [6.45, 7) is 8.95. The Labute approximate surface area is 174 Å². The fraction of sp³-hybridized carbons (Fsp3) is 0.222. The lowest BCUT2D eigenvalue weighted by atomic mass is 10.0. The van der Waals surface area contributed by atoms with Crippen LogP contribution in [0.4, 0.5) is 0 Å². The molecular weight excluding hydrogens is 352 g/mol. The first-order valence-corrected chi connectivity index (χ1v) is 10.3. The molecule has 4 aromatic rings. The summed E-state index contributed by atoms with van der Waals surface area (Å²) < 4.78 is 4.65. The monoisotopic (exact) mass is 381 g/mol. The molecular formula is C27H29N2+. The van der Waals surface area contributed by atoms with E-state index in [-0.39, 0.29) is 0 Å². The molecule has 0 saturated carbocycles. The number of aromatic nitrogens is 2. The summed E-state index contributed by atoms with van der Waals surface area (Å²) >= 11 is 0. The van der Waals surface area contributed by atoms with Crippen LogP contribution in [0.3, 0.4) is 0 Å². The number of aryl methyl sites for hydroxylation is 3. The Morgan fingerprint density at radius 3 is 2.21 bits per heavy atom. The summed E-state index contributed by atoms with van der Waals surface area (Å²) in [7, 11) is 2.13. The van der Waals surface area contributed by atoms with Crippen molar-refractivity contribution in [3.63, 3.8) is 0 Å². The number of para-hydroxylation sites is 1. The topological polar surface area (TPSA) is 8.81 Å². The van der Waals surface area contributed by atoms with Gasteiger partial charge in [0.05, 0.1) is 0 Å². The van der Waals surface area contributed by atoms with Crippen LogP contribution in [-0.2, 0) is 7.05 Å². The fourth-order valence-electron chi connectivity index (χ4n) is 4.22. The largest absolute Gasteiger partial charge is 0.308 e. The molecule has 2 heteroatoms. The molecule has 0 aliphatic heterocycles. The van der Waals surface area contributed by atoms with Gasteiger partial charge in [-0.2, -0.15) is 4.57 Å². The maximum atomic E-state index is 2.43. The van der Waals surface area contributed by atoms with Crippen LogP contribution in [0, 0.1) is 13.8 Å². The third-order valence-electron chi connectivity index (χ3n) is 5.67. The average Bonchev–Trinajstić information content (AvgIpc) is 3.02. The first-order valence-electron chi connectivity index (χ1n) is 10.3. The van der Waals surface area contributed by atoms with Gasteiger partial charge in [-0.1, -0.05) is 62.4 Å². The van der Waals surface area contributed by atoms with Gasteiger partial charge in [0.1, 0.15) is 12.7 Å². The summed E-state index contributed by atoms with van der Waals surface area (Å²) in [5.41, 5.74) is 10.1. The van der Waals surface area contributed by atoms with Crippen LogP contribution in [0.25, 0.3) is 28.2 Å². The Kier molecular flexibility index (Phi) is 5.10. The molecule has 0 unspecified atom stereocenters. The fourth-order valence-corrected chi connectivity index (χ4v) is 4.22. The maximum Gasteiger partial charge on any atom is 0.230 e. The highest BCUT2D eigenvalue weighted by Crippen LogP contribution is 2.33. The number of hydrogen-bond acceptors (Lipinski definition) is 0. The van der Waals surface area contributed by atoms with E-state index in [1.807, 2.05) is 0 Å². The molecule has 146 valence electrons. The molecule has 0 saturated heterocycles. The van der Waals surface area contributed by atoms with E-state index in [9.17, 15) is 0 Å². The molecule has 0 amide bonds. The van der Waals surface area contributed by atoms with Gasteiger partial charge in [0.2, 0.25) is 5.69 Å². The molecule has 2 aromatic heterocycles. The van der Waals surface area contributed by atoms with Gasteiger partial charge in [-0.3, -0.25) is 0 Å². The van der Waals surface area contributed by atoms with Crippen molar-refractivity contribution in [1.82, 2.24) is 4.57 Å². The molecule has 0 spiro atoms. The molecule has 0 aliphatic rings. The quantitative estimate of drug-likeness (QED) is 0.363. The van der Waals surface area contributed by atoms with Crippen molar-refractivity contribution in [1.29, 1.82) is 0 Å². The second kappa shape index (κ2) is 7.71. The predicted octanol–water partition coefficient (Wildman–Crippen LogP) is 6.38. The third-order valence-corrected chi connectivity index (χ3v) is 5.67. The van der Waals surface area contributed by atoms with Crippen LogP contribution < -0.4 is 4.57 Å². The van der Waals surface area contributed by atoms with Crippen LogP contribution >= 0.6 is 0 Å². The zero-order chi connectivity index (χ0) is 20.5. The summed E-state index contributed by atoms with van der Waals surface area (Å²) in [5, 5.41) is 0. The molecule has 0 radical (unpaired) electrons. The second-order valence-corrected chi connectivity index (χ2v) is 8.14. The first-order chi connectivity index (χ1) is 14.0. The van der Waals surface area contributed by atoms with Crippen LogP contribution in [-0.4, -0.2) is 4.57 Å². The molecule has 2 heterocycles. The summed E-state index contributed by atoms with van der Waals surface area (Å²) in [6, 6.07) is 26.2. The van der Waals surface area contributed by atoms with Gasteiger partial charge in [-0.05, 0) is 54.2 Å². The Bertz CT molecular complexity index is 1150. The van der Waals surface area contributed by atoms with E-state index in [2.05, 4.69) is 123 Å². The number of hydrogen-bond donors (Lipinski definition) is 0. The van der Waals surface area contributed by atoms with Crippen molar-refractivity contribution in [3.8, 4) is 28.2 Å². The SMILES string of the molecule is Cc1cc(C)n(-c2ccccc2C(C)C)c1-c1cc(-c2ccccc2)cc[n+]1C. The molecule has 0 bridgehead atoms. The third kappa shape index (κ3) is 3.51. The van der Waals surface area contributed by atoms with Crippen molar-refractivity contribution in [2.75, 3.05) is 0 Å². The van der Waals surface area contributed by atoms with Gasteiger partial charge in [-0.15, -0.1) is 0 Å². The maximum absolute atomic E-state index is 2.43. The predicted molar refractivity (Wildman–Crippen MR) is 121 cm³/mol.